The number of urea groups is 1. The number of carbonyl (C=O) groups excluding carboxylic acids is 2. The number of aliphatic carboxylic acids is 1. The number of carboxylic acids is 1. The van der Waals surface area contributed by atoms with Crippen molar-refractivity contribution in [2.24, 2.45) is 5.92 Å². The Morgan fingerprint density at radius 2 is 1.52 bits per heavy atom. The Morgan fingerprint density at radius 1 is 0.913 bits per heavy atom. The van der Waals surface area contributed by atoms with Crippen LogP contribution in [-0.4, -0.2) is 65.5 Å². The standard InChI is InChI=1S/C16H27N3O4/c20-14(18-9-3-1-2-4-10-18)5-8-17-16(23)19-11-6-13(7-12-19)15(21)22/h13H,1-12H2,(H,17,23)(H,21,22). The summed E-state index contributed by atoms with van der Waals surface area (Å²) in [6, 6.07) is -0.197. The Hall–Kier alpha value is -1.79. The largest absolute Gasteiger partial charge is 0.481 e. The van der Waals surface area contributed by atoms with E-state index < -0.39 is 5.97 Å². The van der Waals surface area contributed by atoms with E-state index in [9.17, 15) is 14.4 Å². The van der Waals surface area contributed by atoms with Crippen LogP contribution in [0.1, 0.15) is 44.9 Å². The Balaban J connectivity index is 1.64. The van der Waals surface area contributed by atoms with Crippen LogP contribution in [0.15, 0.2) is 0 Å². The molecule has 2 aliphatic heterocycles. The third-order valence-electron chi connectivity index (χ3n) is 4.71. The summed E-state index contributed by atoms with van der Waals surface area (Å²) < 4.78 is 0. The van der Waals surface area contributed by atoms with Gasteiger partial charge in [-0.05, 0) is 25.7 Å². The number of carboxylic acid groups (broad SMARTS) is 1. The van der Waals surface area contributed by atoms with Crippen LogP contribution in [0.4, 0.5) is 4.79 Å². The van der Waals surface area contributed by atoms with E-state index in [2.05, 4.69) is 5.32 Å². The summed E-state index contributed by atoms with van der Waals surface area (Å²) in [6.45, 7) is 2.92. The van der Waals surface area contributed by atoms with Gasteiger partial charge < -0.3 is 20.2 Å². The zero-order valence-corrected chi connectivity index (χ0v) is 13.6. The number of nitrogens with one attached hydrogen (secondary N) is 1. The van der Waals surface area contributed by atoms with E-state index in [1.807, 2.05) is 4.90 Å². The first-order valence-electron chi connectivity index (χ1n) is 8.61. The third kappa shape index (κ3) is 5.41. The van der Waals surface area contributed by atoms with Crippen molar-refractivity contribution in [3.8, 4) is 0 Å². The Bertz CT molecular complexity index is 425. The number of rotatable bonds is 4. The normalized spacial score (nSPS) is 20.0. The van der Waals surface area contributed by atoms with Gasteiger partial charge in [-0.15, -0.1) is 0 Å². The van der Waals surface area contributed by atoms with E-state index in [-0.39, 0.29) is 17.9 Å². The van der Waals surface area contributed by atoms with Gasteiger partial charge in [-0.2, -0.15) is 0 Å². The molecule has 23 heavy (non-hydrogen) atoms. The first kappa shape index (κ1) is 17.6. The summed E-state index contributed by atoms with van der Waals surface area (Å²) in [7, 11) is 0. The highest BCUT2D eigenvalue weighted by molar-refractivity contribution is 5.78. The van der Waals surface area contributed by atoms with E-state index >= 15 is 0 Å². The fourth-order valence-electron chi connectivity index (χ4n) is 3.20. The van der Waals surface area contributed by atoms with Crippen molar-refractivity contribution in [3.05, 3.63) is 0 Å². The summed E-state index contributed by atoms with van der Waals surface area (Å²) in [5, 5.41) is 11.7. The topological polar surface area (TPSA) is 90.0 Å². The molecule has 0 aromatic heterocycles. The molecule has 2 N–H and O–H groups in total. The van der Waals surface area contributed by atoms with Gasteiger partial charge in [0, 0.05) is 39.1 Å². The van der Waals surface area contributed by atoms with Crippen LogP contribution in [0.2, 0.25) is 0 Å². The van der Waals surface area contributed by atoms with Gasteiger partial charge in [0.05, 0.1) is 5.92 Å². The summed E-state index contributed by atoms with van der Waals surface area (Å²) in [5.74, 6) is -1.02. The molecule has 0 unspecified atom stereocenters. The molecule has 2 fully saturated rings. The minimum absolute atomic E-state index is 0.108. The van der Waals surface area contributed by atoms with Crippen molar-refractivity contribution in [2.75, 3.05) is 32.7 Å². The molecule has 0 atom stereocenters. The summed E-state index contributed by atoms with van der Waals surface area (Å²) in [5.41, 5.74) is 0. The van der Waals surface area contributed by atoms with E-state index in [1.165, 1.54) is 12.8 Å². The second kappa shape index (κ2) is 8.74. The summed E-state index contributed by atoms with van der Waals surface area (Å²) >= 11 is 0. The highest BCUT2D eigenvalue weighted by Crippen LogP contribution is 2.17. The van der Waals surface area contributed by atoms with Gasteiger partial charge in [0.25, 0.3) is 0 Å². The van der Waals surface area contributed by atoms with E-state index in [4.69, 9.17) is 5.11 Å². The maximum Gasteiger partial charge on any atom is 0.317 e. The third-order valence-corrected chi connectivity index (χ3v) is 4.71. The van der Waals surface area contributed by atoms with Crippen LogP contribution in [0.5, 0.6) is 0 Å². The molecule has 0 radical (unpaired) electrons. The Labute approximate surface area is 137 Å². The SMILES string of the molecule is O=C(O)C1CCN(C(=O)NCCC(=O)N2CCCCCC2)CC1. The first-order valence-corrected chi connectivity index (χ1v) is 8.61. The molecule has 0 saturated carbocycles. The van der Waals surface area contributed by atoms with Gasteiger partial charge in [0.15, 0.2) is 0 Å². The number of piperidine rings is 1. The van der Waals surface area contributed by atoms with Gasteiger partial charge in [-0.25, -0.2) is 4.79 Å². The monoisotopic (exact) mass is 325 g/mol. The average molecular weight is 325 g/mol. The lowest BCUT2D eigenvalue weighted by Gasteiger charge is -2.30. The highest BCUT2D eigenvalue weighted by atomic mass is 16.4. The molecule has 2 saturated heterocycles. The van der Waals surface area contributed by atoms with Gasteiger partial charge in [0.2, 0.25) is 5.91 Å². The number of amides is 3. The number of carbonyl (C=O) groups is 3. The summed E-state index contributed by atoms with van der Waals surface area (Å²) in [4.78, 5) is 38.6. The molecule has 0 spiro atoms. The molecular weight excluding hydrogens is 298 g/mol. The molecular formula is C16H27N3O4. The molecule has 0 aromatic carbocycles. The van der Waals surface area contributed by atoms with Crippen molar-refractivity contribution < 1.29 is 19.5 Å². The van der Waals surface area contributed by atoms with Crippen molar-refractivity contribution in [2.45, 2.75) is 44.9 Å². The first-order chi connectivity index (χ1) is 11.1. The lowest BCUT2D eigenvalue weighted by Crippen LogP contribution is -2.46. The Morgan fingerprint density at radius 3 is 2.09 bits per heavy atom. The van der Waals surface area contributed by atoms with Crippen LogP contribution in [0, 0.1) is 5.92 Å². The molecule has 2 rings (SSSR count). The van der Waals surface area contributed by atoms with E-state index in [1.54, 1.807) is 4.90 Å². The predicted molar refractivity (Wildman–Crippen MR) is 85.0 cm³/mol. The molecule has 0 aliphatic carbocycles. The number of nitrogens with zero attached hydrogens (tertiary/aromatic N) is 2. The lowest BCUT2D eigenvalue weighted by molar-refractivity contribution is -0.143. The maximum absolute atomic E-state index is 12.1. The molecule has 2 aliphatic rings. The van der Waals surface area contributed by atoms with Crippen LogP contribution >= 0.6 is 0 Å². The molecule has 0 bridgehead atoms. The summed E-state index contributed by atoms with van der Waals surface area (Å²) in [6.07, 6.45) is 5.83. The molecule has 7 nitrogen and oxygen atoms in total. The highest BCUT2D eigenvalue weighted by Gasteiger charge is 2.26. The van der Waals surface area contributed by atoms with Gasteiger partial charge in [0.1, 0.15) is 0 Å². The average Bonchev–Trinajstić information content (AvgIpc) is 2.84. The van der Waals surface area contributed by atoms with Crippen LogP contribution in [-0.2, 0) is 9.59 Å². The van der Waals surface area contributed by atoms with Crippen molar-refractivity contribution >= 4 is 17.9 Å². The predicted octanol–water partition coefficient (Wildman–Crippen LogP) is 1.29. The second-order valence-corrected chi connectivity index (χ2v) is 6.38. The molecule has 2 heterocycles. The lowest BCUT2D eigenvalue weighted by atomic mass is 9.97. The minimum Gasteiger partial charge on any atom is -0.481 e. The van der Waals surface area contributed by atoms with Gasteiger partial charge in [-0.3, -0.25) is 9.59 Å². The Kier molecular flexibility index (Phi) is 6.67. The van der Waals surface area contributed by atoms with Crippen molar-refractivity contribution in [1.29, 1.82) is 0 Å². The second-order valence-electron chi connectivity index (χ2n) is 6.38. The van der Waals surface area contributed by atoms with Crippen molar-refractivity contribution in [1.82, 2.24) is 15.1 Å². The van der Waals surface area contributed by atoms with Gasteiger partial charge >= 0.3 is 12.0 Å². The van der Waals surface area contributed by atoms with E-state index in [0.717, 1.165) is 25.9 Å². The van der Waals surface area contributed by atoms with Gasteiger partial charge in [-0.1, -0.05) is 12.8 Å². The molecule has 130 valence electrons. The number of hydrogen-bond donors (Lipinski definition) is 2. The molecule has 0 aromatic rings. The quantitative estimate of drug-likeness (QED) is 0.815. The van der Waals surface area contributed by atoms with Crippen LogP contribution in [0.3, 0.4) is 0 Å². The molecule has 7 heteroatoms. The fourth-order valence-corrected chi connectivity index (χ4v) is 3.20. The van der Waals surface area contributed by atoms with Crippen LogP contribution < -0.4 is 5.32 Å². The van der Waals surface area contributed by atoms with E-state index in [0.29, 0.717) is 38.9 Å². The number of hydrogen-bond acceptors (Lipinski definition) is 3. The smallest absolute Gasteiger partial charge is 0.317 e. The van der Waals surface area contributed by atoms with Crippen molar-refractivity contribution in [3.63, 3.8) is 0 Å². The number of likely N-dealkylation sites (tertiary alicyclic amines) is 2. The fraction of sp³-hybridized carbons (Fsp3) is 0.812. The zero-order valence-electron chi connectivity index (χ0n) is 13.6. The zero-order chi connectivity index (χ0) is 16.7. The maximum atomic E-state index is 12.1. The minimum atomic E-state index is -0.784. The van der Waals surface area contributed by atoms with Crippen LogP contribution in [0.25, 0.3) is 0 Å². The molecule has 3 amide bonds.